The van der Waals surface area contributed by atoms with Crippen LogP contribution in [-0.4, -0.2) is 18.3 Å². The molecule has 4 nitrogen and oxygen atoms in total. The zero-order valence-electron chi connectivity index (χ0n) is 15.1. The molecule has 0 aliphatic heterocycles. The summed E-state index contributed by atoms with van der Waals surface area (Å²) in [6, 6.07) is 18.1. The molecule has 0 radical (unpaired) electrons. The van der Waals surface area contributed by atoms with E-state index in [9.17, 15) is 0 Å². The molecule has 0 saturated carbocycles. The third kappa shape index (κ3) is 6.73. The second kappa shape index (κ2) is 11.1. The van der Waals surface area contributed by atoms with Crippen molar-refractivity contribution in [2.24, 2.45) is 0 Å². The van der Waals surface area contributed by atoms with Gasteiger partial charge in [0.05, 0.1) is 19.1 Å². The average molecular weight is 368 g/mol. The average Bonchev–Trinajstić information content (AvgIpc) is 2.66. The number of nitrogens with zero attached hydrogens (tertiary/aromatic N) is 1. The van der Waals surface area contributed by atoms with Crippen molar-refractivity contribution in [3.05, 3.63) is 59.7 Å². The Morgan fingerprint density at radius 3 is 2.65 bits per heavy atom. The monoisotopic (exact) mass is 367 g/mol. The maximum Gasteiger partial charge on any atom is 0.170 e. The van der Waals surface area contributed by atoms with Crippen molar-refractivity contribution in [1.29, 1.82) is 5.26 Å². The largest absolute Gasteiger partial charge is 0.493 e. The van der Waals surface area contributed by atoms with Gasteiger partial charge in [0.1, 0.15) is 5.75 Å². The number of hydrogen-bond acceptors (Lipinski definition) is 3. The van der Waals surface area contributed by atoms with Crippen molar-refractivity contribution in [2.45, 2.75) is 32.6 Å². The van der Waals surface area contributed by atoms with Crippen LogP contribution in [0.3, 0.4) is 0 Å². The SMILES string of the molecule is CCCOc1ccccc1CCCNC(=S)Nc1ccc(CC#N)cc1. The molecule has 0 heterocycles. The Balaban J connectivity index is 1.72. The number of rotatable bonds is 9. The van der Waals surface area contributed by atoms with Crippen LogP contribution in [0.1, 0.15) is 30.9 Å². The summed E-state index contributed by atoms with van der Waals surface area (Å²) in [7, 11) is 0. The Kier molecular flexibility index (Phi) is 8.44. The Bertz CT molecular complexity index is 738. The number of thiocarbonyl (C=S) groups is 1. The van der Waals surface area contributed by atoms with E-state index in [2.05, 4.69) is 29.7 Å². The van der Waals surface area contributed by atoms with Crippen LogP contribution in [0.5, 0.6) is 5.75 Å². The quantitative estimate of drug-likeness (QED) is 0.506. The second-order valence-corrected chi connectivity index (χ2v) is 6.38. The van der Waals surface area contributed by atoms with Gasteiger partial charge in [-0.05, 0) is 60.8 Å². The van der Waals surface area contributed by atoms with Crippen molar-refractivity contribution in [3.8, 4) is 11.8 Å². The van der Waals surface area contributed by atoms with Gasteiger partial charge in [-0.1, -0.05) is 37.3 Å². The van der Waals surface area contributed by atoms with E-state index < -0.39 is 0 Å². The summed E-state index contributed by atoms with van der Waals surface area (Å²) >= 11 is 5.33. The van der Waals surface area contributed by atoms with Crippen molar-refractivity contribution < 1.29 is 4.74 Å². The molecule has 0 amide bonds. The number of aryl methyl sites for hydroxylation is 1. The van der Waals surface area contributed by atoms with Gasteiger partial charge < -0.3 is 15.4 Å². The molecule has 5 heteroatoms. The molecule has 0 atom stereocenters. The molecular formula is C21H25N3OS. The van der Waals surface area contributed by atoms with Gasteiger partial charge in [0.2, 0.25) is 0 Å². The molecule has 0 fully saturated rings. The maximum absolute atomic E-state index is 8.69. The third-order valence-corrected chi connectivity index (χ3v) is 4.08. The molecule has 0 aliphatic rings. The smallest absolute Gasteiger partial charge is 0.170 e. The van der Waals surface area contributed by atoms with Crippen LogP contribution in [-0.2, 0) is 12.8 Å². The normalized spacial score (nSPS) is 10.0. The van der Waals surface area contributed by atoms with E-state index in [1.165, 1.54) is 5.56 Å². The predicted molar refractivity (Wildman–Crippen MR) is 111 cm³/mol. The fourth-order valence-corrected chi connectivity index (χ4v) is 2.74. The highest BCUT2D eigenvalue weighted by Gasteiger charge is 2.03. The van der Waals surface area contributed by atoms with Gasteiger partial charge in [0.25, 0.3) is 0 Å². The second-order valence-electron chi connectivity index (χ2n) is 5.97. The van der Waals surface area contributed by atoms with Crippen LogP contribution in [0, 0.1) is 11.3 Å². The number of benzene rings is 2. The number of ether oxygens (including phenoxy) is 1. The zero-order chi connectivity index (χ0) is 18.6. The molecule has 0 saturated heterocycles. The number of anilines is 1. The van der Waals surface area contributed by atoms with Gasteiger partial charge in [-0.25, -0.2) is 0 Å². The van der Waals surface area contributed by atoms with Gasteiger partial charge in [-0.3, -0.25) is 0 Å². The number of nitriles is 1. The van der Waals surface area contributed by atoms with E-state index >= 15 is 0 Å². The molecule has 2 N–H and O–H groups in total. The van der Waals surface area contributed by atoms with Crippen LogP contribution >= 0.6 is 12.2 Å². The van der Waals surface area contributed by atoms with Gasteiger partial charge in [-0.2, -0.15) is 5.26 Å². The molecule has 0 aliphatic carbocycles. The molecule has 0 aromatic heterocycles. The van der Waals surface area contributed by atoms with E-state index in [1.54, 1.807) is 0 Å². The molecule has 26 heavy (non-hydrogen) atoms. The first-order valence-corrected chi connectivity index (χ1v) is 9.35. The summed E-state index contributed by atoms with van der Waals surface area (Å²) in [5.74, 6) is 0.979. The lowest BCUT2D eigenvalue weighted by molar-refractivity contribution is 0.314. The summed E-state index contributed by atoms with van der Waals surface area (Å²) in [5.41, 5.74) is 3.15. The fourth-order valence-electron chi connectivity index (χ4n) is 2.52. The first-order valence-electron chi connectivity index (χ1n) is 8.94. The highest BCUT2D eigenvalue weighted by Crippen LogP contribution is 2.19. The third-order valence-electron chi connectivity index (χ3n) is 3.84. The highest BCUT2D eigenvalue weighted by atomic mass is 32.1. The molecule has 2 rings (SSSR count). The Hall–Kier alpha value is -2.58. The van der Waals surface area contributed by atoms with Crippen molar-refractivity contribution in [1.82, 2.24) is 5.32 Å². The maximum atomic E-state index is 8.69. The molecule has 0 spiro atoms. The van der Waals surface area contributed by atoms with Gasteiger partial charge >= 0.3 is 0 Å². The van der Waals surface area contributed by atoms with Crippen LogP contribution in [0.15, 0.2) is 48.5 Å². The van der Waals surface area contributed by atoms with Crippen LogP contribution in [0.25, 0.3) is 0 Å². The molecule has 136 valence electrons. The lowest BCUT2D eigenvalue weighted by Gasteiger charge is -2.12. The molecule has 0 bridgehead atoms. The summed E-state index contributed by atoms with van der Waals surface area (Å²) in [5, 5.41) is 15.7. The Morgan fingerprint density at radius 1 is 1.15 bits per heavy atom. The van der Waals surface area contributed by atoms with E-state index in [0.29, 0.717) is 11.5 Å². The summed E-state index contributed by atoms with van der Waals surface area (Å²) in [4.78, 5) is 0. The minimum atomic E-state index is 0.423. The van der Waals surface area contributed by atoms with E-state index in [0.717, 1.165) is 49.4 Å². The van der Waals surface area contributed by atoms with E-state index in [-0.39, 0.29) is 0 Å². The van der Waals surface area contributed by atoms with Gasteiger partial charge in [0.15, 0.2) is 5.11 Å². The minimum Gasteiger partial charge on any atom is -0.493 e. The zero-order valence-corrected chi connectivity index (χ0v) is 15.9. The topological polar surface area (TPSA) is 57.1 Å². The van der Waals surface area contributed by atoms with Crippen molar-refractivity contribution in [3.63, 3.8) is 0 Å². The summed E-state index contributed by atoms with van der Waals surface area (Å²) in [6.45, 7) is 3.65. The van der Waals surface area contributed by atoms with Gasteiger partial charge in [-0.15, -0.1) is 0 Å². The van der Waals surface area contributed by atoms with Crippen LogP contribution < -0.4 is 15.4 Å². The molecule has 2 aromatic rings. The lowest BCUT2D eigenvalue weighted by atomic mass is 10.1. The highest BCUT2D eigenvalue weighted by molar-refractivity contribution is 7.80. The van der Waals surface area contributed by atoms with E-state index in [4.69, 9.17) is 22.2 Å². The first kappa shape index (κ1) is 19.7. The van der Waals surface area contributed by atoms with Crippen molar-refractivity contribution >= 4 is 23.0 Å². The van der Waals surface area contributed by atoms with Crippen LogP contribution in [0.2, 0.25) is 0 Å². The van der Waals surface area contributed by atoms with E-state index in [1.807, 2.05) is 42.5 Å². The number of hydrogen-bond donors (Lipinski definition) is 2. The molecule has 2 aromatic carbocycles. The Morgan fingerprint density at radius 2 is 1.92 bits per heavy atom. The summed E-state index contributed by atoms with van der Waals surface area (Å²) in [6.07, 6.45) is 3.34. The standard InChI is InChI=1S/C21H25N3OS/c1-2-16-25-20-8-4-3-6-18(20)7-5-15-23-21(26)24-19-11-9-17(10-12-19)13-14-22/h3-4,6,8-12H,2,5,7,13,15-16H2,1H3,(H2,23,24,26). The molecular weight excluding hydrogens is 342 g/mol. The minimum absolute atomic E-state index is 0.423. The predicted octanol–water partition coefficient (Wildman–Crippen LogP) is 4.46. The van der Waals surface area contributed by atoms with Crippen LogP contribution in [0.4, 0.5) is 5.69 Å². The number of para-hydroxylation sites is 1. The Labute approximate surface area is 161 Å². The summed E-state index contributed by atoms with van der Waals surface area (Å²) < 4.78 is 5.79. The first-order chi connectivity index (χ1) is 12.7. The lowest BCUT2D eigenvalue weighted by Crippen LogP contribution is -2.29. The van der Waals surface area contributed by atoms with Gasteiger partial charge in [0, 0.05) is 12.2 Å². The fraction of sp³-hybridized carbons (Fsp3) is 0.333. The molecule has 0 unspecified atom stereocenters. The number of nitrogens with one attached hydrogen (secondary N) is 2. The van der Waals surface area contributed by atoms with Crippen molar-refractivity contribution in [2.75, 3.05) is 18.5 Å².